The van der Waals surface area contributed by atoms with Crippen molar-refractivity contribution in [2.75, 3.05) is 0 Å². The predicted octanol–water partition coefficient (Wildman–Crippen LogP) is 4.78. The average Bonchev–Trinajstić information content (AvgIpc) is 2.46. The highest BCUT2D eigenvalue weighted by Crippen LogP contribution is 2.29. The van der Waals surface area contributed by atoms with Crippen LogP contribution in [0.2, 0.25) is 0 Å². The molecule has 3 rings (SSSR count). The van der Waals surface area contributed by atoms with Gasteiger partial charge in [-0.25, -0.2) is 0 Å². The lowest BCUT2D eigenvalue weighted by Gasteiger charge is -2.15. The van der Waals surface area contributed by atoms with Crippen LogP contribution in [0.4, 0.5) is 0 Å². The van der Waals surface area contributed by atoms with E-state index in [0.29, 0.717) is 5.92 Å². The van der Waals surface area contributed by atoms with E-state index in [1.165, 1.54) is 22.2 Å². The van der Waals surface area contributed by atoms with E-state index >= 15 is 0 Å². The first-order chi connectivity index (χ1) is 9.28. The molecule has 1 atom stereocenters. The average molecular weight is 249 g/mol. The molecule has 1 aliphatic rings. The Kier molecular flexibility index (Phi) is 3.20. The molecular formula is C18H19N. The van der Waals surface area contributed by atoms with Crippen LogP contribution >= 0.6 is 0 Å². The van der Waals surface area contributed by atoms with Crippen molar-refractivity contribution >= 4 is 16.5 Å². The topological polar surface area (TPSA) is 12.9 Å². The highest BCUT2D eigenvalue weighted by molar-refractivity contribution is 5.86. The van der Waals surface area contributed by atoms with Gasteiger partial charge in [0.1, 0.15) is 0 Å². The zero-order chi connectivity index (χ0) is 13.2. The Morgan fingerprint density at radius 1 is 1.26 bits per heavy atom. The van der Waals surface area contributed by atoms with Crippen LogP contribution in [0.1, 0.15) is 31.5 Å². The summed E-state index contributed by atoms with van der Waals surface area (Å²) < 4.78 is 0. The number of hydrogen-bond acceptors (Lipinski definition) is 1. The van der Waals surface area contributed by atoms with Gasteiger partial charge in [-0.05, 0) is 36.5 Å². The van der Waals surface area contributed by atoms with Gasteiger partial charge in [-0.2, -0.15) is 0 Å². The normalized spacial score (nSPS) is 18.6. The molecule has 1 aromatic carbocycles. The first-order valence-corrected chi connectivity index (χ1v) is 7.05. The molecule has 0 saturated heterocycles. The maximum absolute atomic E-state index is 4.82. The predicted molar refractivity (Wildman–Crippen MR) is 82.0 cm³/mol. The summed E-state index contributed by atoms with van der Waals surface area (Å²) in [5, 5.41) is 1.22. The Hall–Kier alpha value is -1.89. The number of aromatic nitrogens is 1. The number of aryl methyl sites for hydroxylation is 1. The number of fused-ring (bicyclic) bond motifs is 1. The Morgan fingerprint density at radius 3 is 2.89 bits per heavy atom. The molecule has 19 heavy (non-hydrogen) atoms. The number of pyridine rings is 1. The van der Waals surface area contributed by atoms with Crippen molar-refractivity contribution in [1.82, 2.24) is 4.98 Å². The molecule has 0 amide bonds. The third-order valence-electron chi connectivity index (χ3n) is 3.72. The number of benzene rings is 1. The smallest absolute Gasteiger partial charge is 0.0705 e. The SMILES string of the molecule is CCc1nc2ccccc2cc1C1=C[C@@H](C)CC=C1. The molecule has 1 heteroatoms. The Morgan fingerprint density at radius 2 is 2.11 bits per heavy atom. The molecule has 0 N–H and O–H groups in total. The molecule has 1 aliphatic carbocycles. The molecule has 0 saturated carbocycles. The summed E-state index contributed by atoms with van der Waals surface area (Å²) in [6.45, 7) is 4.45. The first kappa shape index (κ1) is 12.2. The number of hydrogen-bond donors (Lipinski definition) is 0. The lowest BCUT2D eigenvalue weighted by atomic mass is 9.91. The largest absolute Gasteiger partial charge is 0.252 e. The van der Waals surface area contributed by atoms with Crippen LogP contribution in [0.3, 0.4) is 0 Å². The molecular weight excluding hydrogens is 230 g/mol. The van der Waals surface area contributed by atoms with Gasteiger partial charge < -0.3 is 0 Å². The minimum absolute atomic E-state index is 0.621. The minimum atomic E-state index is 0.621. The van der Waals surface area contributed by atoms with E-state index < -0.39 is 0 Å². The molecule has 1 aromatic heterocycles. The number of nitrogens with zero attached hydrogens (tertiary/aromatic N) is 1. The highest BCUT2D eigenvalue weighted by atomic mass is 14.7. The van der Waals surface area contributed by atoms with Crippen molar-refractivity contribution in [3.05, 3.63) is 59.8 Å². The Labute approximate surface area is 114 Å². The van der Waals surface area contributed by atoms with Crippen molar-refractivity contribution in [2.45, 2.75) is 26.7 Å². The quantitative estimate of drug-likeness (QED) is 0.746. The molecule has 2 aromatic rings. The van der Waals surface area contributed by atoms with Crippen LogP contribution in [-0.4, -0.2) is 4.98 Å². The molecule has 1 nitrogen and oxygen atoms in total. The summed E-state index contributed by atoms with van der Waals surface area (Å²) in [5.74, 6) is 0.621. The van der Waals surface area contributed by atoms with Crippen molar-refractivity contribution in [2.24, 2.45) is 5.92 Å². The van der Waals surface area contributed by atoms with Gasteiger partial charge in [0.05, 0.1) is 5.52 Å². The van der Waals surface area contributed by atoms with Gasteiger partial charge >= 0.3 is 0 Å². The second kappa shape index (κ2) is 5.00. The zero-order valence-corrected chi connectivity index (χ0v) is 11.6. The summed E-state index contributed by atoms with van der Waals surface area (Å²) in [4.78, 5) is 4.82. The van der Waals surface area contributed by atoms with Crippen LogP contribution in [0.5, 0.6) is 0 Å². The fraction of sp³-hybridized carbons (Fsp3) is 0.278. The summed E-state index contributed by atoms with van der Waals surface area (Å²) in [6.07, 6.45) is 9.00. The van der Waals surface area contributed by atoms with Gasteiger partial charge in [-0.3, -0.25) is 4.98 Å². The molecule has 96 valence electrons. The van der Waals surface area contributed by atoms with Gasteiger partial charge in [0.15, 0.2) is 0 Å². The van der Waals surface area contributed by atoms with Crippen molar-refractivity contribution in [3.8, 4) is 0 Å². The van der Waals surface area contributed by atoms with Gasteiger partial charge in [-0.15, -0.1) is 0 Å². The molecule has 0 spiro atoms. The van der Waals surface area contributed by atoms with Crippen molar-refractivity contribution in [1.29, 1.82) is 0 Å². The van der Waals surface area contributed by atoms with Gasteiger partial charge in [0.2, 0.25) is 0 Å². The standard InChI is InChI=1S/C18H19N/c1-3-17-16(14-9-6-7-13(2)11-14)12-15-8-4-5-10-18(15)19-17/h4-6,8-13H,3,7H2,1-2H3/t13-/m0/s1. The van der Waals surface area contributed by atoms with Crippen LogP contribution in [-0.2, 0) is 6.42 Å². The van der Waals surface area contributed by atoms with Gasteiger partial charge in [-0.1, -0.05) is 50.3 Å². The monoisotopic (exact) mass is 249 g/mol. The van der Waals surface area contributed by atoms with Gasteiger partial charge in [0.25, 0.3) is 0 Å². The summed E-state index contributed by atoms with van der Waals surface area (Å²) >= 11 is 0. The summed E-state index contributed by atoms with van der Waals surface area (Å²) in [5.41, 5.74) is 4.91. The Balaban J connectivity index is 2.19. The molecule has 1 heterocycles. The van der Waals surface area contributed by atoms with E-state index in [0.717, 1.165) is 18.4 Å². The zero-order valence-electron chi connectivity index (χ0n) is 11.6. The number of allylic oxidation sites excluding steroid dienone is 4. The van der Waals surface area contributed by atoms with Crippen LogP contribution in [0.25, 0.3) is 16.5 Å². The maximum Gasteiger partial charge on any atom is 0.0705 e. The lowest BCUT2D eigenvalue weighted by Crippen LogP contribution is -2.00. The maximum atomic E-state index is 4.82. The highest BCUT2D eigenvalue weighted by Gasteiger charge is 2.11. The lowest BCUT2D eigenvalue weighted by molar-refractivity contribution is 0.739. The van der Waals surface area contributed by atoms with Crippen molar-refractivity contribution < 1.29 is 0 Å². The van der Waals surface area contributed by atoms with E-state index in [-0.39, 0.29) is 0 Å². The molecule has 0 aliphatic heterocycles. The molecule has 0 radical (unpaired) electrons. The molecule has 0 fully saturated rings. The summed E-state index contributed by atoms with van der Waals surface area (Å²) in [7, 11) is 0. The second-order valence-electron chi connectivity index (χ2n) is 5.27. The second-order valence-corrected chi connectivity index (χ2v) is 5.27. The van der Waals surface area contributed by atoms with E-state index in [4.69, 9.17) is 4.98 Å². The fourth-order valence-electron chi connectivity index (χ4n) is 2.69. The van der Waals surface area contributed by atoms with E-state index in [9.17, 15) is 0 Å². The molecule has 0 bridgehead atoms. The van der Waals surface area contributed by atoms with E-state index in [1.807, 2.05) is 0 Å². The van der Waals surface area contributed by atoms with Gasteiger partial charge in [0, 0.05) is 16.6 Å². The van der Waals surface area contributed by atoms with Crippen molar-refractivity contribution in [3.63, 3.8) is 0 Å². The molecule has 0 unspecified atom stereocenters. The number of para-hydroxylation sites is 1. The fourth-order valence-corrected chi connectivity index (χ4v) is 2.69. The van der Waals surface area contributed by atoms with Crippen LogP contribution < -0.4 is 0 Å². The summed E-state index contributed by atoms with van der Waals surface area (Å²) in [6, 6.07) is 10.6. The number of rotatable bonds is 2. The first-order valence-electron chi connectivity index (χ1n) is 7.05. The van der Waals surface area contributed by atoms with E-state index in [2.05, 4.69) is 62.4 Å². The van der Waals surface area contributed by atoms with Crippen LogP contribution in [0.15, 0.2) is 48.6 Å². The third kappa shape index (κ3) is 2.33. The Bertz CT molecular complexity index is 664. The minimum Gasteiger partial charge on any atom is -0.252 e. The van der Waals surface area contributed by atoms with Crippen LogP contribution in [0, 0.1) is 5.92 Å². The van der Waals surface area contributed by atoms with E-state index in [1.54, 1.807) is 0 Å². The third-order valence-corrected chi connectivity index (χ3v) is 3.72.